The molecule has 3 amide bonds. The first-order valence-corrected chi connectivity index (χ1v) is 7.75. The fourth-order valence-electron chi connectivity index (χ4n) is 2.09. The van der Waals surface area contributed by atoms with Gasteiger partial charge in [0.1, 0.15) is 0 Å². The fourth-order valence-corrected chi connectivity index (χ4v) is 2.21. The molecule has 1 heterocycles. The van der Waals surface area contributed by atoms with Gasteiger partial charge < -0.3 is 15.5 Å². The number of carbonyl (C=O) groups is 2. The van der Waals surface area contributed by atoms with Crippen LogP contribution in [0.5, 0.6) is 0 Å². The van der Waals surface area contributed by atoms with Gasteiger partial charge in [-0.2, -0.15) is 0 Å². The van der Waals surface area contributed by atoms with Crippen molar-refractivity contribution < 1.29 is 9.59 Å². The molecule has 0 spiro atoms. The van der Waals surface area contributed by atoms with Crippen molar-refractivity contribution in [1.29, 1.82) is 0 Å². The zero-order valence-electron chi connectivity index (χ0n) is 13.5. The summed E-state index contributed by atoms with van der Waals surface area (Å²) in [4.78, 5) is 29.2. The van der Waals surface area contributed by atoms with E-state index in [-0.39, 0.29) is 24.5 Å². The molecule has 1 aromatic carbocycles. The number of nitrogens with zero attached hydrogens (tertiary/aromatic N) is 2. The smallest absolute Gasteiger partial charge is 0.317 e. The first-order valence-electron chi connectivity index (χ1n) is 7.37. The molecule has 0 fully saturated rings. The van der Waals surface area contributed by atoms with Crippen LogP contribution in [0.3, 0.4) is 0 Å². The molecule has 0 aliphatic heterocycles. The molecular weight excluding hydrogens is 328 g/mol. The first kappa shape index (κ1) is 17.7. The van der Waals surface area contributed by atoms with E-state index in [4.69, 9.17) is 11.6 Å². The van der Waals surface area contributed by atoms with E-state index in [9.17, 15) is 9.59 Å². The van der Waals surface area contributed by atoms with E-state index >= 15 is 0 Å². The van der Waals surface area contributed by atoms with Gasteiger partial charge in [0.05, 0.1) is 12.6 Å². The molecule has 1 aromatic heterocycles. The molecule has 2 aromatic rings. The number of aromatic nitrogens is 1. The van der Waals surface area contributed by atoms with E-state index in [0.29, 0.717) is 5.02 Å². The Morgan fingerprint density at radius 3 is 2.46 bits per heavy atom. The predicted octanol–water partition coefficient (Wildman–Crippen LogP) is 2.21. The highest BCUT2D eigenvalue weighted by Crippen LogP contribution is 2.22. The fraction of sp³-hybridized carbons (Fsp3) is 0.235. The highest BCUT2D eigenvalue weighted by Gasteiger charge is 2.17. The Morgan fingerprint density at radius 2 is 1.88 bits per heavy atom. The van der Waals surface area contributed by atoms with Gasteiger partial charge in [-0.1, -0.05) is 29.8 Å². The molecule has 126 valence electrons. The SMILES string of the molecule is CN(C)C(=O)NCC(=O)N[C@H](c1ccc(Cl)cc1)c1cccnc1. The Labute approximate surface area is 145 Å². The second kappa shape index (κ2) is 8.31. The molecule has 0 aliphatic carbocycles. The molecule has 0 unspecified atom stereocenters. The van der Waals surface area contributed by atoms with Crippen molar-refractivity contribution in [3.63, 3.8) is 0 Å². The monoisotopic (exact) mass is 346 g/mol. The zero-order valence-corrected chi connectivity index (χ0v) is 14.2. The van der Waals surface area contributed by atoms with Crippen LogP contribution in [0.25, 0.3) is 0 Å². The summed E-state index contributed by atoms with van der Waals surface area (Å²) in [5.41, 5.74) is 1.71. The van der Waals surface area contributed by atoms with Crippen LogP contribution in [0, 0.1) is 0 Å². The van der Waals surface area contributed by atoms with Gasteiger partial charge in [0.15, 0.2) is 0 Å². The number of nitrogens with one attached hydrogen (secondary N) is 2. The standard InChI is InChI=1S/C17H19ClN4O2/c1-22(2)17(24)20-11-15(23)21-16(13-4-3-9-19-10-13)12-5-7-14(18)8-6-12/h3-10,16H,11H2,1-2H3,(H,20,24)(H,21,23)/t16-/m1/s1. The highest BCUT2D eigenvalue weighted by molar-refractivity contribution is 6.30. The lowest BCUT2D eigenvalue weighted by atomic mass is 10.00. The van der Waals surface area contributed by atoms with Crippen LogP contribution in [0.15, 0.2) is 48.8 Å². The molecule has 0 aliphatic rings. The van der Waals surface area contributed by atoms with E-state index in [2.05, 4.69) is 15.6 Å². The minimum Gasteiger partial charge on any atom is -0.344 e. The number of pyridine rings is 1. The number of hydrogen-bond donors (Lipinski definition) is 2. The van der Waals surface area contributed by atoms with Crippen LogP contribution < -0.4 is 10.6 Å². The lowest BCUT2D eigenvalue weighted by Gasteiger charge is -2.20. The van der Waals surface area contributed by atoms with Crippen molar-refractivity contribution in [2.75, 3.05) is 20.6 Å². The number of rotatable bonds is 5. The third-order valence-corrected chi connectivity index (χ3v) is 3.58. The van der Waals surface area contributed by atoms with E-state index in [1.54, 1.807) is 44.7 Å². The molecule has 0 saturated heterocycles. The van der Waals surface area contributed by atoms with Gasteiger partial charge in [-0.3, -0.25) is 9.78 Å². The number of benzene rings is 1. The van der Waals surface area contributed by atoms with Gasteiger partial charge in [0.25, 0.3) is 0 Å². The van der Waals surface area contributed by atoms with Crippen LogP contribution in [0.4, 0.5) is 4.79 Å². The molecular formula is C17H19ClN4O2. The van der Waals surface area contributed by atoms with Crippen LogP contribution in [0.2, 0.25) is 5.02 Å². The van der Waals surface area contributed by atoms with Crippen molar-refractivity contribution in [3.05, 3.63) is 64.9 Å². The Morgan fingerprint density at radius 1 is 1.17 bits per heavy atom. The Hall–Kier alpha value is -2.60. The number of hydrogen-bond acceptors (Lipinski definition) is 3. The van der Waals surface area contributed by atoms with Gasteiger partial charge in [0, 0.05) is 31.5 Å². The summed E-state index contributed by atoms with van der Waals surface area (Å²) in [5, 5.41) is 6.06. The van der Waals surface area contributed by atoms with Crippen molar-refractivity contribution in [1.82, 2.24) is 20.5 Å². The maximum absolute atomic E-state index is 12.2. The third-order valence-electron chi connectivity index (χ3n) is 3.33. The molecule has 7 heteroatoms. The lowest BCUT2D eigenvalue weighted by molar-refractivity contribution is -0.120. The molecule has 2 N–H and O–H groups in total. The molecule has 24 heavy (non-hydrogen) atoms. The predicted molar refractivity (Wildman–Crippen MR) is 92.8 cm³/mol. The lowest BCUT2D eigenvalue weighted by Crippen LogP contribution is -2.42. The Kier molecular flexibility index (Phi) is 6.14. The number of urea groups is 1. The highest BCUT2D eigenvalue weighted by atomic mass is 35.5. The zero-order chi connectivity index (χ0) is 17.5. The quantitative estimate of drug-likeness (QED) is 0.871. The van der Waals surface area contributed by atoms with Crippen LogP contribution in [-0.4, -0.2) is 42.5 Å². The van der Waals surface area contributed by atoms with Crippen molar-refractivity contribution in [3.8, 4) is 0 Å². The number of carbonyl (C=O) groups excluding carboxylic acids is 2. The normalized spacial score (nSPS) is 11.5. The second-order valence-corrected chi connectivity index (χ2v) is 5.83. The van der Waals surface area contributed by atoms with E-state index < -0.39 is 0 Å². The topological polar surface area (TPSA) is 74.3 Å². The molecule has 6 nitrogen and oxygen atoms in total. The van der Waals surface area contributed by atoms with Crippen molar-refractivity contribution >= 4 is 23.5 Å². The molecule has 0 radical (unpaired) electrons. The maximum atomic E-state index is 12.2. The molecule has 0 saturated carbocycles. The number of halogens is 1. The van der Waals surface area contributed by atoms with Crippen molar-refractivity contribution in [2.45, 2.75) is 6.04 Å². The average molecular weight is 347 g/mol. The second-order valence-electron chi connectivity index (χ2n) is 5.39. The first-order chi connectivity index (χ1) is 11.5. The summed E-state index contributed by atoms with van der Waals surface area (Å²) < 4.78 is 0. The van der Waals surface area contributed by atoms with E-state index in [1.165, 1.54) is 4.90 Å². The Balaban J connectivity index is 2.13. The summed E-state index contributed by atoms with van der Waals surface area (Å²) in [6.07, 6.45) is 3.36. The van der Waals surface area contributed by atoms with Crippen LogP contribution in [-0.2, 0) is 4.79 Å². The minimum absolute atomic E-state index is 0.110. The van der Waals surface area contributed by atoms with Crippen molar-refractivity contribution in [2.24, 2.45) is 0 Å². The van der Waals surface area contributed by atoms with Gasteiger partial charge in [-0.15, -0.1) is 0 Å². The summed E-state index contributed by atoms with van der Waals surface area (Å²) in [6, 6.07) is 10.2. The van der Waals surface area contributed by atoms with Crippen LogP contribution >= 0.6 is 11.6 Å². The van der Waals surface area contributed by atoms with Crippen LogP contribution in [0.1, 0.15) is 17.2 Å². The molecule has 2 rings (SSSR count). The minimum atomic E-state index is -0.375. The summed E-state index contributed by atoms with van der Waals surface area (Å²) in [7, 11) is 3.22. The van der Waals surface area contributed by atoms with Gasteiger partial charge >= 0.3 is 6.03 Å². The summed E-state index contributed by atoms with van der Waals surface area (Å²) in [5.74, 6) is -0.297. The van der Waals surface area contributed by atoms with Gasteiger partial charge in [-0.25, -0.2) is 4.79 Å². The van der Waals surface area contributed by atoms with E-state index in [0.717, 1.165) is 11.1 Å². The summed E-state index contributed by atoms with van der Waals surface area (Å²) in [6.45, 7) is -0.110. The summed E-state index contributed by atoms with van der Waals surface area (Å²) >= 11 is 5.93. The van der Waals surface area contributed by atoms with Gasteiger partial charge in [0.2, 0.25) is 5.91 Å². The number of amides is 3. The average Bonchev–Trinajstić information content (AvgIpc) is 2.59. The molecule has 1 atom stereocenters. The van der Waals surface area contributed by atoms with E-state index in [1.807, 2.05) is 18.2 Å². The third kappa shape index (κ3) is 4.96. The largest absolute Gasteiger partial charge is 0.344 e. The maximum Gasteiger partial charge on any atom is 0.317 e. The Bertz CT molecular complexity index is 689. The van der Waals surface area contributed by atoms with Gasteiger partial charge in [-0.05, 0) is 29.3 Å². The molecule has 0 bridgehead atoms.